The summed E-state index contributed by atoms with van der Waals surface area (Å²) in [5.74, 6) is -0.408. The average molecular weight is 185 g/mol. The maximum Gasteiger partial charge on any atom is 0.241 e. The number of hydrogen-bond donors (Lipinski definition) is 1. The van der Waals surface area contributed by atoms with E-state index in [2.05, 4.69) is 0 Å². The maximum atomic E-state index is 10.3. The molecular formula is C7H7NOS2. The van der Waals surface area contributed by atoms with Crippen LogP contribution < -0.4 is 5.73 Å². The van der Waals surface area contributed by atoms with Gasteiger partial charge in [0, 0.05) is 6.08 Å². The molecule has 0 aliphatic rings. The maximum absolute atomic E-state index is 10.3. The number of thioether (sulfide) groups is 1. The summed E-state index contributed by atoms with van der Waals surface area (Å²) >= 11 is 3.13. The lowest BCUT2D eigenvalue weighted by molar-refractivity contribution is -0.113. The van der Waals surface area contributed by atoms with Crippen LogP contribution in [0.2, 0.25) is 0 Å². The van der Waals surface area contributed by atoms with Gasteiger partial charge in [0.1, 0.15) is 0 Å². The third-order valence-corrected chi connectivity index (χ3v) is 2.79. The van der Waals surface area contributed by atoms with Gasteiger partial charge in [-0.15, -0.1) is 11.3 Å². The van der Waals surface area contributed by atoms with Crippen molar-refractivity contribution in [3.8, 4) is 0 Å². The summed E-state index contributed by atoms with van der Waals surface area (Å²) in [5, 5.41) is 3.68. The lowest BCUT2D eigenvalue weighted by atomic mass is 10.6. The standard InChI is InChI=1S/C7H7NOS2/c8-6(9)3-5-11-7-2-1-4-10-7/h1-5H,(H2,8,9). The SMILES string of the molecule is NC(=O)C=CSc1cccs1. The second kappa shape index (κ2) is 4.20. The molecule has 1 aromatic heterocycles. The van der Waals surface area contributed by atoms with Crippen LogP contribution >= 0.6 is 23.1 Å². The van der Waals surface area contributed by atoms with Crippen molar-refractivity contribution in [2.75, 3.05) is 0 Å². The molecule has 2 nitrogen and oxygen atoms in total. The van der Waals surface area contributed by atoms with Crippen molar-refractivity contribution in [2.24, 2.45) is 5.73 Å². The Hall–Kier alpha value is -0.740. The molecule has 11 heavy (non-hydrogen) atoms. The molecule has 1 rings (SSSR count). The van der Waals surface area contributed by atoms with E-state index in [0.29, 0.717) is 0 Å². The van der Waals surface area contributed by atoms with Crippen molar-refractivity contribution >= 4 is 29.0 Å². The van der Waals surface area contributed by atoms with E-state index in [-0.39, 0.29) is 0 Å². The molecule has 1 aromatic rings. The fourth-order valence-electron chi connectivity index (χ4n) is 0.499. The number of nitrogens with two attached hydrogens (primary N) is 1. The highest BCUT2D eigenvalue weighted by Gasteiger charge is 1.89. The molecule has 0 saturated heterocycles. The lowest BCUT2D eigenvalue weighted by Gasteiger charge is -1.84. The molecule has 4 heteroatoms. The van der Waals surface area contributed by atoms with Crippen molar-refractivity contribution in [3.05, 3.63) is 29.0 Å². The first-order valence-electron chi connectivity index (χ1n) is 2.95. The Morgan fingerprint density at radius 1 is 1.73 bits per heavy atom. The van der Waals surface area contributed by atoms with Crippen LogP contribution in [0.3, 0.4) is 0 Å². The van der Waals surface area contributed by atoms with Crippen LogP contribution in [0.25, 0.3) is 0 Å². The van der Waals surface area contributed by atoms with Crippen LogP contribution in [-0.2, 0) is 4.79 Å². The Morgan fingerprint density at radius 3 is 3.09 bits per heavy atom. The van der Waals surface area contributed by atoms with E-state index in [1.807, 2.05) is 17.5 Å². The number of carbonyl (C=O) groups is 1. The van der Waals surface area contributed by atoms with Gasteiger partial charge in [0.25, 0.3) is 0 Å². The monoisotopic (exact) mass is 185 g/mol. The minimum absolute atomic E-state index is 0.408. The van der Waals surface area contributed by atoms with Crippen molar-refractivity contribution in [3.63, 3.8) is 0 Å². The van der Waals surface area contributed by atoms with Gasteiger partial charge in [-0.3, -0.25) is 4.79 Å². The zero-order chi connectivity index (χ0) is 8.10. The highest BCUT2D eigenvalue weighted by molar-refractivity contribution is 8.03. The molecule has 1 amide bonds. The van der Waals surface area contributed by atoms with E-state index in [0.717, 1.165) is 4.21 Å². The second-order valence-electron chi connectivity index (χ2n) is 1.76. The number of thiophene rings is 1. The number of carbonyl (C=O) groups excluding carboxylic acids is 1. The molecule has 0 atom stereocenters. The molecule has 0 aliphatic carbocycles. The van der Waals surface area contributed by atoms with Crippen LogP contribution in [0.15, 0.2) is 33.2 Å². The topological polar surface area (TPSA) is 43.1 Å². The summed E-state index contributed by atoms with van der Waals surface area (Å²) in [7, 11) is 0. The Morgan fingerprint density at radius 2 is 2.55 bits per heavy atom. The van der Waals surface area contributed by atoms with Crippen molar-refractivity contribution < 1.29 is 4.79 Å². The molecule has 58 valence electrons. The van der Waals surface area contributed by atoms with Gasteiger partial charge in [-0.25, -0.2) is 0 Å². The number of rotatable bonds is 3. The lowest BCUT2D eigenvalue weighted by Crippen LogP contribution is -2.04. The van der Waals surface area contributed by atoms with E-state index in [4.69, 9.17) is 5.73 Å². The first-order valence-corrected chi connectivity index (χ1v) is 4.71. The van der Waals surface area contributed by atoms with Crippen LogP contribution in [0.5, 0.6) is 0 Å². The van der Waals surface area contributed by atoms with Gasteiger partial charge in [0.2, 0.25) is 5.91 Å². The molecule has 1 heterocycles. The second-order valence-corrected chi connectivity index (χ2v) is 3.91. The normalized spacial score (nSPS) is 10.5. The first-order chi connectivity index (χ1) is 5.29. The Kier molecular flexibility index (Phi) is 3.19. The Bertz CT molecular complexity index is 253. The molecule has 2 N–H and O–H groups in total. The van der Waals surface area contributed by atoms with Crippen LogP contribution in [0, 0.1) is 0 Å². The molecular weight excluding hydrogens is 178 g/mol. The summed E-state index contributed by atoms with van der Waals surface area (Å²) in [6.45, 7) is 0. The van der Waals surface area contributed by atoms with E-state index in [9.17, 15) is 4.79 Å². The van der Waals surface area contributed by atoms with Crippen LogP contribution in [0.4, 0.5) is 0 Å². The molecule has 0 saturated carbocycles. The fraction of sp³-hybridized carbons (Fsp3) is 0. The van der Waals surface area contributed by atoms with Gasteiger partial charge in [-0.05, 0) is 16.9 Å². The summed E-state index contributed by atoms with van der Waals surface area (Å²) in [5.41, 5.74) is 4.90. The van der Waals surface area contributed by atoms with Crippen molar-refractivity contribution in [2.45, 2.75) is 4.21 Å². The zero-order valence-electron chi connectivity index (χ0n) is 5.69. The van der Waals surface area contributed by atoms with Gasteiger partial charge < -0.3 is 5.73 Å². The van der Waals surface area contributed by atoms with E-state index < -0.39 is 5.91 Å². The fourth-order valence-corrected chi connectivity index (χ4v) is 2.00. The molecule has 0 aliphatic heterocycles. The van der Waals surface area contributed by atoms with E-state index in [1.54, 1.807) is 16.7 Å². The molecule has 0 spiro atoms. The summed E-state index contributed by atoms with van der Waals surface area (Å²) in [4.78, 5) is 10.3. The summed E-state index contributed by atoms with van der Waals surface area (Å²) < 4.78 is 1.16. The molecule has 0 fully saturated rings. The molecule has 0 radical (unpaired) electrons. The molecule has 0 aromatic carbocycles. The molecule has 0 bridgehead atoms. The zero-order valence-corrected chi connectivity index (χ0v) is 7.32. The largest absolute Gasteiger partial charge is 0.366 e. The van der Waals surface area contributed by atoms with Gasteiger partial charge in [-0.2, -0.15) is 0 Å². The van der Waals surface area contributed by atoms with Gasteiger partial charge >= 0.3 is 0 Å². The summed E-state index contributed by atoms with van der Waals surface area (Å²) in [6.07, 6.45) is 1.35. The van der Waals surface area contributed by atoms with Crippen molar-refractivity contribution in [1.29, 1.82) is 0 Å². The number of primary amides is 1. The average Bonchev–Trinajstić information content (AvgIpc) is 2.39. The highest BCUT2D eigenvalue weighted by atomic mass is 32.2. The minimum Gasteiger partial charge on any atom is -0.366 e. The van der Waals surface area contributed by atoms with Gasteiger partial charge in [0.05, 0.1) is 4.21 Å². The van der Waals surface area contributed by atoms with E-state index in [1.165, 1.54) is 17.8 Å². The number of amides is 1. The van der Waals surface area contributed by atoms with Crippen LogP contribution in [0.1, 0.15) is 0 Å². The van der Waals surface area contributed by atoms with Crippen LogP contribution in [-0.4, -0.2) is 5.91 Å². The Balaban J connectivity index is 2.40. The first kappa shape index (κ1) is 8.36. The Labute approximate surface area is 73.1 Å². The quantitative estimate of drug-likeness (QED) is 0.576. The molecule has 0 unspecified atom stereocenters. The number of hydrogen-bond acceptors (Lipinski definition) is 3. The van der Waals surface area contributed by atoms with Crippen molar-refractivity contribution in [1.82, 2.24) is 0 Å². The van der Waals surface area contributed by atoms with Gasteiger partial charge in [-0.1, -0.05) is 17.8 Å². The third kappa shape index (κ3) is 3.25. The smallest absolute Gasteiger partial charge is 0.241 e. The van der Waals surface area contributed by atoms with E-state index >= 15 is 0 Å². The summed E-state index contributed by atoms with van der Waals surface area (Å²) in [6, 6.07) is 3.95. The predicted octanol–water partition coefficient (Wildman–Crippen LogP) is 1.84. The predicted molar refractivity (Wildman–Crippen MR) is 48.5 cm³/mol. The third-order valence-electron chi connectivity index (χ3n) is 0.912. The van der Waals surface area contributed by atoms with Gasteiger partial charge in [0.15, 0.2) is 0 Å². The minimum atomic E-state index is -0.408. The highest BCUT2D eigenvalue weighted by Crippen LogP contribution is 2.23.